The lowest BCUT2D eigenvalue weighted by Gasteiger charge is -2.37. The predicted molar refractivity (Wildman–Crippen MR) is 87.4 cm³/mol. The van der Waals surface area contributed by atoms with Crippen molar-refractivity contribution in [3.05, 3.63) is 30.2 Å². The number of hydrogen-bond donors (Lipinski definition) is 2. The highest BCUT2D eigenvalue weighted by Crippen LogP contribution is 2.33. The number of hydrogen-bond acceptors (Lipinski definition) is 5. The lowest BCUT2D eigenvalue weighted by Crippen LogP contribution is -2.46. The number of pyridine rings is 2. The molecule has 1 amide bonds. The number of nitrogens with one attached hydrogen (secondary N) is 1. The molecular weight excluding hydrogens is 292 g/mol. The molecule has 0 radical (unpaired) electrons. The average molecular weight is 312 g/mol. The second-order valence-corrected chi connectivity index (χ2v) is 6.44. The predicted octanol–water partition coefficient (Wildman–Crippen LogP) is 1.34. The molecule has 2 aromatic rings. The number of rotatable bonds is 4. The highest BCUT2D eigenvalue weighted by atomic mass is 16.3. The Morgan fingerprint density at radius 1 is 1.35 bits per heavy atom. The van der Waals surface area contributed by atoms with Crippen LogP contribution in [0.1, 0.15) is 29.6 Å². The molecule has 6 heteroatoms. The molecular formula is C17H20N4O2. The number of nitrogens with zero attached hydrogens (tertiary/aromatic N) is 3. The van der Waals surface area contributed by atoms with E-state index in [9.17, 15) is 4.79 Å². The van der Waals surface area contributed by atoms with Crippen LogP contribution in [-0.4, -0.2) is 46.7 Å². The number of amides is 1. The fraction of sp³-hybridized carbons (Fsp3) is 0.471. The number of carbonyl (C=O) groups is 1. The largest absolute Gasteiger partial charge is 0.396 e. The first-order valence-corrected chi connectivity index (χ1v) is 8.15. The SMILES string of the molecule is O=C(NC1CC(CO)C1)c1cnc2ccncc2c1N1CCC1. The summed E-state index contributed by atoms with van der Waals surface area (Å²) < 4.78 is 0. The summed E-state index contributed by atoms with van der Waals surface area (Å²) in [7, 11) is 0. The molecule has 0 bridgehead atoms. The Bertz CT molecular complexity index is 738. The highest BCUT2D eigenvalue weighted by Gasteiger charge is 2.31. The Kier molecular flexibility index (Phi) is 3.61. The molecule has 1 aliphatic carbocycles. The fourth-order valence-electron chi connectivity index (χ4n) is 3.33. The lowest BCUT2D eigenvalue weighted by atomic mass is 9.81. The molecule has 23 heavy (non-hydrogen) atoms. The van der Waals surface area contributed by atoms with Crippen LogP contribution in [0.4, 0.5) is 5.69 Å². The average Bonchev–Trinajstić information content (AvgIpc) is 2.48. The van der Waals surface area contributed by atoms with Gasteiger partial charge in [-0.2, -0.15) is 0 Å². The zero-order valence-electron chi connectivity index (χ0n) is 12.9. The summed E-state index contributed by atoms with van der Waals surface area (Å²) in [4.78, 5) is 23.5. The van der Waals surface area contributed by atoms with Crippen LogP contribution < -0.4 is 10.2 Å². The number of aliphatic hydroxyl groups excluding tert-OH is 1. The maximum absolute atomic E-state index is 12.7. The minimum Gasteiger partial charge on any atom is -0.396 e. The van der Waals surface area contributed by atoms with E-state index in [0.717, 1.165) is 48.9 Å². The molecule has 1 aliphatic heterocycles. The summed E-state index contributed by atoms with van der Waals surface area (Å²) in [5.74, 6) is 0.251. The van der Waals surface area contributed by atoms with Gasteiger partial charge in [0, 0.05) is 49.7 Å². The third kappa shape index (κ3) is 2.53. The Balaban J connectivity index is 1.64. The topological polar surface area (TPSA) is 78.3 Å². The molecule has 0 unspecified atom stereocenters. The van der Waals surface area contributed by atoms with Gasteiger partial charge in [0.2, 0.25) is 0 Å². The zero-order chi connectivity index (χ0) is 15.8. The monoisotopic (exact) mass is 312 g/mol. The van der Waals surface area contributed by atoms with Gasteiger partial charge in [-0.25, -0.2) is 0 Å². The van der Waals surface area contributed by atoms with Gasteiger partial charge in [-0.1, -0.05) is 0 Å². The first-order valence-electron chi connectivity index (χ1n) is 8.15. The molecule has 0 spiro atoms. The van der Waals surface area contributed by atoms with Gasteiger partial charge in [0.05, 0.1) is 16.8 Å². The highest BCUT2D eigenvalue weighted by molar-refractivity contribution is 6.07. The number of aliphatic hydroxyl groups is 1. The molecule has 2 aliphatic rings. The quantitative estimate of drug-likeness (QED) is 0.891. The van der Waals surface area contributed by atoms with Gasteiger partial charge in [0.25, 0.3) is 5.91 Å². The van der Waals surface area contributed by atoms with Crippen LogP contribution in [0, 0.1) is 5.92 Å². The second-order valence-electron chi connectivity index (χ2n) is 6.44. The molecule has 2 fully saturated rings. The van der Waals surface area contributed by atoms with E-state index in [4.69, 9.17) is 5.11 Å². The minimum atomic E-state index is -0.0773. The van der Waals surface area contributed by atoms with Crippen molar-refractivity contribution in [2.45, 2.75) is 25.3 Å². The fourth-order valence-corrected chi connectivity index (χ4v) is 3.33. The smallest absolute Gasteiger partial charge is 0.255 e. The minimum absolute atomic E-state index is 0.0773. The molecule has 1 saturated carbocycles. The van der Waals surface area contributed by atoms with Gasteiger partial charge in [-0.15, -0.1) is 0 Å². The summed E-state index contributed by atoms with van der Waals surface area (Å²) in [5, 5.41) is 13.1. The van der Waals surface area contributed by atoms with Crippen molar-refractivity contribution in [3.63, 3.8) is 0 Å². The summed E-state index contributed by atoms with van der Waals surface area (Å²) in [6.45, 7) is 2.13. The van der Waals surface area contributed by atoms with Crippen molar-refractivity contribution in [3.8, 4) is 0 Å². The lowest BCUT2D eigenvalue weighted by molar-refractivity contribution is 0.0832. The van der Waals surface area contributed by atoms with Gasteiger partial charge < -0.3 is 15.3 Å². The molecule has 2 N–H and O–H groups in total. The third-order valence-electron chi connectivity index (χ3n) is 4.89. The number of carbonyl (C=O) groups excluding carboxylic acids is 1. The van der Waals surface area contributed by atoms with Crippen LogP contribution in [0.2, 0.25) is 0 Å². The molecule has 1 saturated heterocycles. The summed E-state index contributed by atoms with van der Waals surface area (Å²) in [5.41, 5.74) is 2.44. The van der Waals surface area contributed by atoms with E-state index in [0.29, 0.717) is 11.5 Å². The maximum atomic E-state index is 12.7. The van der Waals surface area contributed by atoms with E-state index in [1.165, 1.54) is 0 Å². The van der Waals surface area contributed by atoms with E-state index in [1.54, 1.807) is 18.6 Å². The number of anilines is 1. The standard InChI is InChI=1S/C17H20N4O2/c22-10-11-6-12(7-11)20-17(23)14-9-19-15-2-3-18-8-13(15)16(14)21-4-1-5-21/h2-3,8-9,11-12,22H,1,4-7,10H2,(H,20,23). The van der Waals surface area contributed by atoms with Crippen molar-refractivity contribution in [2.75, 3.05) is 24.6 Å². The molecule has 0 atom stereocenters. The Morgan fingerprint density at radius 2 is 2.17 bits per heavy atom. The third-order valence-corrected chi connectivity index (χ3v) is 4.89. The van der Waals surface area contributed by atoms with Crippen LogP contribution >= 0.6 is 0 Å². The Morgan fingerprint density at radius 3 is 2.87 bits per heavy atom. The van der Waals surface area contributed by atoms with Gasteiger partial charge in [-0.05, 0) is 31.2 Å². The number of aromatic nitrogens is 2. The molecule has 3 heterocycles. The summed E-state index contributed by atoms with van der Waals surface area (Å²) in [6.07, 6.45) is 8.03. The summed E-state index contributed by atoms with van der Waals surface area (Å²) >= 11 is 0. The molecule has 0 aromatic carbocycles. The van der Waals surface area contributed by atoms with E-state index in [1.807, 2.05) is 6.07 Å². The second kappa shape index (κ2) is 5.77. The van der Waals surface area contributed by atoms with Crippen molar-refractivity contribution < 1.29 is 9.90 Å². The first kappa shape index (κ1) is 14.4. The van der Waals surface area contributed by atoms with Crippen LogP contribution in [0.3, 0.4) is 0 Å². The molecule has 4 rings (SSSR count). The van der Waals surface area contributed by atoms with Gasteiger partial charge in [0.1, 0.15) is 0 Å². The van der Waals surface area contributed by atoms with E-state index in [2.05, 4.69) is 20.2 Å². The maximum Gasteiger partial charge on any atom is 0.255 e. The van der Waals surface area contributed by atoms with Crippen molar-refractivity contribution in [2.24, 2.45) is 5.92 Å². The Hall–Kier alpha value is -2.21. The van der Waals surface area contributed by atoms with Crippen LogP contribution in [0.15, 0.2) is 24.7 Å². The first-order chi connectivity index (χ1) is 11.3. The van der Waals surface area contributed by atoms with Gasteiger partial charge in [-0.3, -0.25) is 14.8 Å². The molecule has 120 valence electrons. The van der Waals surface area contributed by atoms with Crippen molar-refractivity contribution in [1.29, 1.82) is 0 Å². The molecule has 2 aromatic heterocycles. The number of fused-ring (bicyclic) bond motifs is 1. The van der Waals surface area contributed by atoms with Crippen molar-refractivity contribution >= 4 is 22.5 Å². The Labute approximate surface area is 134 Å². The van der Waals surface area contributed by atoms with E-state index in [-0.39, 0.29) is 18.6 Å². The molecule has 6 nitrogen and oxygen atoms in total. The summed E-state index contributed by atoms with van der Waals surface area (Å²) in [6, 6.07) is 2.03. The van der Waals surface area contributed by atoms with Crippen LogP contribution in [0.5, 0.6) is 0 Å². The van der Waals surface area contributed by atoms with Crippen LogP contribution in [-0.2, 0) is 0 Å². The van der Waals surface area contributed by atoms with E-state index < -0.39 is 0 Å². The van der Waals surface area contributed by atoms with Gasteiger partial charge in [0.15, 0.2) is 0 Å². The van der Waals surface area contributed by atoms with Crippen molar-refractivity contribution in [1.82, 2.24) is 15.3 Å². The van der Waals surface area contributed by atoms with E-state index >= 15 is 0 Å². The van der Waals surface area contributed by atoms with Crippen LogP contribution in [0.25, 0.3) is 10.9 Å². The normalized spacial score (nSPS) is 23.3. The van der Waals surface area contributed by atoms with Gasteiger partial charge >= 0.3 is 0 Å². The zero-order valence-corrected chi connectivity index (χ0v) is 12.9.